The van der Waals surface area contributed by atoms with Crippen molar-refractivity contribution in [1.29, 1.82) is 0 Å². The molecule has 98 valence electrons. The van der Waals surface area contributed by atoms with Crippen LogP contribution < -0.4 is 5.32 Å². The van der Waals surface area contributed by atoms with Crippen molar-refractivity contribution in [3.63, 3.8) is 0 Å². The van der Waals surface area contributed by atoms with E-state index >= 15 is 0 Å². The van der Waals surface area contributed by atoms with E-state index in [9.17, 15) is 0 Å². The summed E-state index contributed by atoms with van der Waals surface area (Å²) < 4.78 is 0. The number of nitrogens with one attached hydrogen (secondary N) is 1. The summed E-state index contributed by atoms with van der Waals surface area (Å²) in [4.78, 5) is 6.85. The Morgan fingerprint density at radius 2 is 2.28 bits per heavy atom. The number of rotatable bonds is 2. The second kappa shape index (κ2) is 4.98. The molecule has 2 aliphatic rings. The molecule has 1 saturated heterocycles. The molecule has 1 unspecified atom stereocenters. The Bertz CT molecular complexity index is 384. The first-order valence-corrected chi connectivity index (χ1v) is 7.15. The molecule has 3 nitrogen and oxygen atoms in total. The number of hydrogen-bond acceptors (Lipinski definition) is 3. The Labute approximate surface area is 110 Å². The molecule has 1 spiro atoms. The highest BCUT2D eigenvalue weighted by Gasteiger charge is 2.39. The number of piperazine rings is 1. The largest absolute Gasteiger partial charge is 0.308 e. The van der Waals surface area contributed by atoms with E-state index in [1.165, 1.54) is 37.8 Å². The van der Waals surface area contributed by atoms with Gasteiger partial charge in [0.1, 0.15) is 0 Å². The second-order valence-corrected chi connectivity index (χ2v) is 5.98. The average molecular weight is 245 g/mol. The molecule has 0 amide bonds. The molecule has 1 aliphatic carbocycles. The fraction of sp³-hybridized carbons (Fsp3) is 0.667. The Morgan fingerprint density at radius 1 is 1.44 bits per heavy atom. The van der Waals surface area contributed by atoms with E-state index in [1.54, 1.807) is 0 Å². The van der Waals surface area contributed by atoms with Gasteiger partial charge in [0.2, 0.25) is 0 Å². The van der Waals surface area contributed by atoms with Crippen LogP contribution in [-0.4, -0.2) is 34.6 Å². The van der Waals surface area contributed by atoms with Gasteiger partial charge in [-0.05, 0) is 31.4 Å². The van der Waals surface area contributed by atoms with Gasteiger partial charge >= 0.3 is 0 Å². The third-order valence-electron chi connectivity index (χ3n) is 4.57. The van der Waals surface area contributed by atoms with Crippen molar-refractivity contribution in [3.8, 4) is 0 Å². The summed E-state index contributed by atoms with van der Waals surface area (Å²) in [6, 6.07) is 4.84. The summed E-state index contributed by atoms with van der Waals surface area (Å²) in [7, 11) is 0. The molecule has 18 heavy (non-hydrogen) atoms. The zero-order valence-corrected chi connectivity index (χ0v) is 11.2. The highest BCUT2D eigenvalue weighted by atomic mass is 15.2. The van der Waals surface area contributed by atoms with Gasteiger partial charge in [-0.3, -0.25) is 9.88 Å². The number of hydrogen-bond donors (Lipinski definition) is 1. The molecule has 1 N–H and O–H groups in total. The minimum atomic E-state index is 0.411. The van der Waals surface area contributed by atoms with Crippen molar-refractivity contribution >= 4 is 0 Å². The Morgan fingerprint density at radius 3 is 3.00 bits per heavy atom. The van der Waals surface area contributed by atoms with E-state index in [0.717, 1.165) is 13.1 Å². The zero-order valence-electron chi connectivity index (χ0n) is 11.2. The molecular weight excluding hydrogens is 222 g/mol. The molecule has 0 aromatic carbocycles. The van der Waals surface area contributed by atoms with E-state index in [1.807, 2.05) is 18.5 Å². The highest BCUT2D eigenvalue weighted by molar-refractivity contribution is 5.10. The van der Waals surface area contributed by atoms with Gasteiger partial charge in [0.05, 0.1) is 0 Å². The predicted octanol–water partition coefficient (Wildman–Crippen LogP) is 2.19. The third-order valence-corrected chi connectivity index (χ3v) is 4.57. The summed E-state index contributed by atoms with van der Waals surface area (Å²) in [6.45, 7) is 5.69. The Balaban J connectivity index is 1.70. The highest BCUT2D eigenvalue weighted by Crippen LogP contribution is 2.33. The maximum atomic E-state index is 4.22. The van der Waals surface area contributed by atoms with Crippen LogP contribution >= 0.6 is 0 Å². The van der Waals surface area contributed by atoms with Crippen molar-refractivity contribution < 1.29 is 0 Å². The normalized spacial score (nSPS) is 27.7. The molecule has 2 heterocycles. The number of aromatic nitrogens is 1. The molecule has 1 aromatic rings. The maximum Gasteiger partial charge on any atom is 0.0312 e. The molecule has 1 atom stereocenters. The van der Waals surface area contributed by atoms with Crippen LogP contribution in [0.5, 0.6) is 0 Å². The number of pyridine rings is 1. The Kier molecular flexibility index (Phi) is 3.35. The topological polar surface area (TPSA) is 28.2 Å². The van der Waals surface area contributed by atoms with Crippen LogP contribution in [0.2, 0.25) is 0 Å². The summed E-state index contributed by atoms with van der Waals surface area (Å²) in [5.41, 5.74) is 1.74. The van der Waals surface area contributed by atoms with Crippen LogP contribution in [0.3, 0.4) is 0 Å². The van der Waals surface area contributed by atoms with E-state index in [0.29, 0.717) is 11.6 Å². The van der Waals surface area contributed by atoms with Gasteiger partial charge in [-0.2, -0.15) is 0 Å². The molecule has 1 aromatic heterocycles. The lowest BCUT2D eigenvalue weighted by Gasteiger charge is -2.45. The van der Waals surface area contributed by atoms with Gasteiger partial charge in [-0.1, -0.05) is 18.9 Å². The summed E-state index contributed by atoms with van der Waals surface area (Å²) in [5.74, 6) is 0. The van der Waals surface area contributed by atoms with Crippen molar-refractivity contribution in [2.75, 3.05) is 13.1 Å². The minimum Gasteiger partial charge on any atom is -0.308 e. The molecule has 0 radical (unpaired) electrons. The summed E-state index contributed by atoms with van der Waals surface area (Å²) in [6.07, 6.45) is 9.33. The first-order valence-electron chi connectivity index (χ1n) is 7.15. The monoisotopic (exact) mass is 245 g/mol. The average Bonchev–Trinajstić information content (AvgIpc) is 2.84. The maximum absolute atomic E-state index is 4.22. The lowest BCUT2D eigenvalue weighted by atomic mass is 9.92. The van der Waals surface area contributed by atoms with E-state index in [-0.39, 0.29) is 0 Å². The predicted molar refractivity (Wildman–Crippen MR) is 73.3 cm³/mol. The van der Waals surface area contributed by atoms with Crippen molar-refractivity contribution in [2.45, 2.75) is 50.7 Å². The molecular formula is C15H23N3. The second-order valence-electron chi connectivity index (χ2n) is 5.98. The zero-order chi connectivity index (χ0) is 12.4. The first-order chi connectivity index (χ1) is 8.77. The van der Waals surface area contributed by atoms with Gasteiger partial charge in [0, 0.05) is 43.6 Å². The Hall–Kier alpha value is -0.930. The fourth-order valence-electron chi connectivity index (χ4n) is 3.42. The van der Waals surface area contributed by atoms with Crippen LogP contribution in [0.25, 0.3) is 0 Å². The molecule has 1 aliphatic heterocycles. The van der Waals surface area contributed by atoms with Crippen LogP contribution in [0, 0.1) is 0 Å². The van der Waals surface area contributed by atoms with Crippen molar-refractivity contribution in [3.05, 3.63) is 30.1 Å². The molecule has 3 rings (SSSR count). The molecule has 2 fully saturated rings. The SMILES string of the molecule is CC1CNC2(CCCC2)CN1Cc1cccnc1. The van der Waals surface area contributed by atoms with Crippen molar-refractivity contribution in [2.24, 2.45) is 0 Å². The quantitative estimate of drug-likeness (QED) is 0.865. The summed E-state index contributed by atoms with van der Waals surface area (Å²) in [5, 5.41) is 3.80. The minimum absolute atomic E-state index is 0.411. The van der Waals surface area contributed by atoms with Crippen LogP contribution in [0.4, 0.5) is 0 Å². The fourth-order valence-corrected chi connectivity index (χ4v) is 3.42. The lowest BCUT2D eigenvalue weighted by molar-refractivity contribution is 0.0826. The molecule has 0 bridgehead atoms. The first kappa shape index (κ1) is 12.1. The van der Waals surface area contributed by atoms with E-state index < -0.39 is 0 Å². The van der Waals surface area contributed by atoms with E-state index in [2.05, 4.69) is 28.2 Å². The van der Waals surface area contributed by atoms with Gasteiger partial charge in [0.15, 0.2) is 0 Å². The smallest absolute Gasteiger partial charge is 0.0312 e. The van der Waals surface area contributed by atoms with Gasteiger partial charge in [0.25, 0.3) is 0 Å². The summed E-state index contributed by atoms with van der Waals surface area (Å²) >= 11 is 0. The van der Waals surface area contributed by atoms with Gasteiger partial charge < -0.3 is 5.32 Å². The van der Waals surface area contributed by atoms with Gasteiger partial charge in [-0.25, -0.2) is 0 Å². The van der Waals surface area contributed by atoms with Crippen LogP contribution in [-0.2, 0) is 6.54 Å². The van der Waals surface area contributed by atoms with E-state index in [4.69, 9.17) is 0 Å². The third kappa shape index (κ3) is 2.43. The number of nitrogens with zero attached hydrogens (tertiary/aromatic N) is 2. The lowest BCUT2D eigenvalue weighted by Crippen LogP contribution is -2.62. The van der Waals surface area contributed by atoms with Crippen molar-refractivity contribution in [1.82, 2.24) is 15.2 Å². The molecule has 3 heteroatoms. The van der Waals surface area contributed by atoms with Crippen LogP contribution in [0.1, 0.15) is 38.2 Å². The van der Waals surface area contributed by atoms with Gasteiger partial charge in [-0.15, -0.1) is 0 Å². The molecule has 1 saturated carbocycles. The van der Waals surface area contributed by atoms with Crippen LogP contribution in [0.15, 0.2) is 24.5 Å². The standard InChI is InChI=1S/C15H23N3/c1-13-9-17-15(6-2-3-7-15)12-18(13)11-14-5-4-8-16-10-14/h4-5,8,10,13,17H,2-3,6-7,9,11-12H2,1H3.